The topological polar surface area (TPSA) is 79.5 Å². The zero-order valence-electron chi connectivity index (χ0n) is 13.1. The van der Waals surface area contributed by atoms with Crippen molar-refractivity contribution >= 4 is 32.7 Å². The van der Waals surface area contributed by atoms with Crippen LogP contribution in [0, 0.1) is 0 Å². The third-order valence-corrected chi connectivity index (χ3v) is 6.49. The van der Waals surface area contributed by atoms with Gasteiger partial charge in [-0.05, 0) is 49.4 Å². The normalized spacial score (nSPS) is 21.0. The number of likely N-dealkylation sites (N-methyl/N-ethyl adjacent to an activating group) is 1. The van der Waals surface area contributed by atoms with Crippen LogP contribution < -0.4 is 0 Å². The van der Waals surface area contributed by atoms with E-state index < -0.39 is 10.0 Å². The van der Waals surface area contributed by atoms with Crippen LogP contribution in [0.25, 0.3) is 11.0 Å². The molecule has 1 aliphatic heterocycles. The van der Waals surface area contributed by atoms with Crippen molar-refractivity contribution in [2.45, 2.75) is 30.2 Å². The fraction of sp³-hybridized carbons (Fsp3) is 0.571. The van der Waals surface area contributed by atoms with Crippen LogP contribution in [0.15, 0.2) is 21.7 Å². The second-order valence-corrected chi connectivity index (χ2v) is 8.30. The number of hydrogen-bond acceptors (Lipinski definition) is 6. The Labute approximate surface area is 140 Å². The lowest BCUT2D eigenvalue weighted by Gasteiger charge is -2.28. The Kier molecular flexibility index (Phi) is 4.59. The Morgan fingerprint density at radius 1 is 1.26 bits per heavy atom. The highest BCUT2D eigenvalue weighted by molar-refractivity contribution is 7.89. The number of aromatic nitrogens is 2. The predicted molar refractivity (Wildman–Crippen MR) is 86.9 cm³/mol. The van der Waals surface area contributed by atoms with E-state index in [0.29, 0.717) is 18.1 Å². The molecule has 1 fully saturated rings. The van der Waals surface area contributed by atoms with Crippen LogP contribution in [0.4, 0.5) is 0 Å². The summed E-state index contributed by atoms with van der Waals surface area (Å²) in [6.45, 7) is 0.965. The Balaban J connectivity index is 2.02. The maximum Gasteiger partial charge on any atom is 0.245 e. The van der Waals surface area contributed by atoms with Crippen molar-refractivity contribution in [3.63, 3.8) is 0 Å². The third-order valence-electron chi connectivity index (χ3n) is 4.29. The van der Waals surface area contributed by atoms with Gasteiger partial charge in [0, 0.05) is 19.1 Å². The molecule has 126 valence electrons. The summed E-state index contributed by atoms with van der Waals surface area (Å²) in [6, 6.07) is 3.19. The summed E-state index contributed by atoms with van der Waals surface area (Å²) in [5, 5.41) is 7.74. The first-order chi connectivity index (χ1) is 10.9. The molecule has 0 saturated carbocycles. The number of hydrogen-bond donors (Lipinski definition) is 0. The maximum atomic E-state index is 13.1. The highest BCUT2D eigenvalue weighted by atomic mass is 35.5. The van der Waals surface area contributed by atoms with Gasteiger partial charge in [-0.1, -0.05) is 18.0 Å². The molecule has 0 bridgehead atoms. The molecular weight excluding hydrogens is 340 g/mol. The van der Waals surface area contributed by atoms with Crippen molar-refractivity contribution < 1.29 is 13.0 Å². The summed E-state index contributed by atoms with van der Waals surface area (Å²) in [5.74, 6) is 0. The predicted octanol–water partition coefficient (Wildman–Crippen LogP) is 1.98. The molecule has 7 nitrogen and oxygen atoms in total. The van der Waals surface area contributed by atoms with Crippen molar-refractivity contribution in [1.29, 1.82) is 0 Å². The van der Waals surface area contributed by atoms with Gasteiger partial charge in [0.1, 0.15) is 4.90 Å². The minimum Gasteiger partial charge on any atom is -0.305 e. The van der Waals surface area contributed by atoms with Crippen molar-refractivity contribution in [2.75, 3.05) is 27.2 Å². The number of sulfonamides is 1. The summed E-state index contributed by atoms with van der Waals surface area (Å²) >= 11 is 6.02. The summed E-state index contributed by atoms with van der Waals surface area (Å²) in [4.78, 5) is 2.17. The van der Waals surface area contributed by atoms with Gasteiger partial charge in [-0.25, -0.2) is 13.0 Å². The molecule has 0 radical (unpaired) electrons. The third kappa shape index (κ3) is 3.08. The van der Waals surface area contributed by atoms with E-state index in [1.165, 1.54) is 16.4 Å². The smallest absolute Gasteiger partial charge is 0.245 e. The van der Waals surface area contributed by atoms with E-state index in [-0.39, 0.29) is 22.0 Å². The van der Waals surface area contributed by atoms with E-state index >= 15 is 0 Å². The molecule has 1 saturated heterocycles. The lowest BCUT2D eigenvalue weighted by molar-refractivity contribution is 0.248. The van der Waals surface area contributed by atoms with Gasteiger partial charge in [0.2, 0.25) is 10.0 Å². The standard InChI is InChI=1S/C14H19ClN4O3S/c1-18(2)10-5-3-4-8-19(9-10)23(20,21)12-7-6-11(15)13-14(12)17-22-16-13/h6-7,10H,3-5,8-9H2,1-2H3/t10-/m0/s1. The quantitative estimate of drug-likeness (QED) is 0.834. The first-order valence-electron chi connectivity index (χ1n) is 7.48. The summed E-state index contributed by atoms with van der Waals surface area (Å²) in [5.41, 5.74) is 0.454. The second-order valence-electron chi connectivity index (χ2n) is 5.98. The first-order valence-corrected chi connectivity index (χ1v) is 9.30. The van der Waals surface area contributed by atoms with Gasteiger partial charge >= 0.3 is 0 Å². The van der Waals surface area contributed by atoms with E-state index in [1.807, 2.05) is 14.1 Å². The molecule has 23 heavy (non-hydrogen) atoms. The molecular formula is C14H19ClN4O3S. The van der Waals surface area contributed by atoms with Crippen LogP contribution in [0.2, 0.25) is 5.02 Å². The molecule has 0 unspecified atom stereocenters. The van der Waals surface area contributed by atoms with Crippen molar-refractivity contribution in [1.82, 2.24) is 19.5 Å². The minimum absolute atomic E-state index is 0.0950. The lowest BCUT2D eigenvalue weighted by atomic mass is 10.1. The van der Waals surface area contributed by atoms with Crippen LogP contribution >= 0.6 is 11.6 Å². The van der Waals surface area contributed by atoms with E-state index in [1.54, 1.807) is 0 Å². The fourth-order valence-electron chi connectivity index (χ4n) is 2.89. The number of halogens is 1. The van der Waals surface area contributed by atoms with Gasteiger partial charge < -0.3 is 4.90 Å². The lowest BCUT2D eigenvalue weighted by Crippen LogP contribution is -2.41. The average molecular weight is 359 g/mol. The molecule has 1 aromatic carbocycles. The van der Waals surface area contributed by atoms with Crippen LogP contribution in [-0.2, 0) is 10.0 Å². The van der Waals surface area contributed by atoms with Crippen LogP contribution in [0.5, 0.6) is 0 Å². The van der Waals surface area contributed by atoms with Crippen molar-refractivity contribution in [3.8, 4) is 0 Å². The Bertz CT molecular complexity index is 805. The Morgan fingerprint density at radius 2 is 2.00 bits per heavy atom. The Morgan fingerprint density at radius 3 is 2.74 bits per heavy atom. The molecule has 2 heterocycles. The number of benzene rings is 1. The number of rotatable bonds is 3. The van der Waals surface area contributed by atoms with Gasteiger partial charge in [-0.2, -0.15) is 4.31 Å². The van der Waals surface area contributed by atoms with Gasteiger partial charge in [-0.15, -0.1) is 0 Å². The van der Waals surface area contributed by atoms with E-state index in [9.17, 15) is 8.42 Å². The fourth-order valence-corrected chi connectivity index (χ4v) is 4.71. The van der Waals surface area contributed by atoms with Crippen LogP contribution in [-0.4, -0.2) is 61.2 Å². The Hall–Kier alpha value is -1.22. The molecule has 0 amide bonds. The van der Waals surface area contributed by atoms with Gasteiger partial charge in [0.15, 0.2) is 11.0 Å². The molecule has 1 aliphatic rings. The molecule has 3 rings (SSSR count). The summed E-state index contributed by atoms with van der Waals surface area (Å²) in [6.07, 6.45) is 2.84. The SMILES string of the molecule is CN(C)[C@H]1CCCCN(S(=O)(=O)c2ccc(Cl)c3nonc23)C1. The second kappa shape index (κ2) is 6.35. The monoisotopic (exact) mass is 358 g/mol. The average Bonchev–Trinajstić information content (AvgIpc) is 2.84. The van der Waals surface area contributed by atoms with E-state index in [2.05, 4.69) is 19.8 Å². The van der Waals surface area contributed by atoms with Gasteiger partial charge in [0.25, 0.3) is 0 Å². The van der Waals surface area contributed by atoms with Crippen molar-refractivity contribution in [3.05, 3.63) is 17.2 Å². The highest BCUT2D eigenvalue weighted by Crippen LogP contribution is 2.30. The summed E-state index contributed by atoms with van der Waals surface area (Å²) in [7, 11) is 0.271. The molecule has 2 aromatic rings. The van der Waals surface area contributed by atoms with E-state index in [0.717, 1.165) is 19.3 Å². The van der Waals surface area contributed by atoms with Crippen LogP contribution in [0.3, 0.4) is 0 Å². The first kappa shape index (κ1) is 16.6. The molecule has 0 spiro atoms. The van der Waals surface area contributed by atoms with Crippen molar-refractivity contribution in [2.24, 2.45) is 0 Å². The van der Waals surface area contributed by atoms with E-state index in [4.69, 9.17) is 11.6 Å². The zero-order valence-corrected chi connectivity index (χ0v) is 14.6. The molecule has 1 atom stereocenters. The highest BCUT2D eigenvalue weighted by Gasteiger charge is 2.32. The van der Waals surface area contributed by atoms with Crippen LogP contribution in [0.1, 0.15) is 19.3 Å². The number of fused-ring (bicyclic) bond motifs is 1. The van der Waals surface area contributed by atoms with Gasteiger partial charge in [-0.3, -0.25) is 0 Å². The molecule has 1 aromatic heterocycles. The molecule has 0 aliphatic carbocycles. The minimum atomic E-state index is -3.68. The zero-order chi connectivity index (χ0) is 16.6. The summed E-state index contributed by atoms with van der Waals surface area (Å²) < 4.78 is 32.4. The molecule has 9 heteroatoms. The largest absolute Gasteiger partial charge is 0.305 e. The number of nitrogens with zero attached hydrogens (tertiary/aromatic N) is 4. The van der Waals surface area contributed by atoms with Gasteiger partial charge in [0.05, 0.1) is 5.02 Å². The molecule has 0 N–H and O–H groups in total. The maximum absolute atomic E-state index is 13.1.